The number of carbonyl (C=O) groups excluding carboxylic acids is 2. The molecule has 1 fully saturated rings. The van der Waals surface area contributed by atoms with Crippen LogP contribution in [0.1, 0.15) is 28.8 Å². The van der Waals surface area contributed by atoms with Crippen molar-refractivity contribution in [3.8, 4) is 0 Å². The normalized spacial score (nSPS) is 15.6. The van der Waals surface area contributed by atoms with Gasteiger partial charge in [0.15, 0.2) is 0 Å². The smallest absolute Gasteiger partial charge is 0.270 e. The van der Waals surface area contributed by atoms with Crippen molar-refractivity contribution in [1.29, 1.82) is 0 Å². The van der Waals surface area contributed by atoms with Gasteiger partial charge in [-0.25, -0.2) is 0 Å². The molecule has 0 bridgehead atoms. The number of hydrogen-bond acceptors (Lipinski definition) is 3. The van der Waals surface area contributed by atoms with Gasteiger partial charge in [0, 0.05) is 18.7 Å². The van der Waals surface area contributed by atoms with Crippen LogP contribution in [0, 0.1) is 0 Å². The minimum absolute atomic E-state index is 0.231. The molecule has 5 nitrogen and oxygen atoms in total. The van der Waals surface area contributed by atoms with E-state index >= 15 is 0 Å². The second-order valence-corrected chi connectivity index (χ2v) is 6.31. The van der Waals surface area contributed by atoms with Crippen LogP contribution in [0.5, 0.6) is 0 Å². The zero-order valence-corrected chi connectivity index (χ0v) is 14.5. The minimum atomic E-state index is -0.362. The zero-order valence-electron chi connectivity index (χ0n) is 14.5. The molecule has 0 unspecified atom stereocenters. The average Bonchev–Trinajstić information content (AvgIpc) is 2.69. The van der Waals surface area contributed by atoms with Crippen molar-refractivity contribution in [2.75, 3.05) is 13.1 Å². The lowest BCUT2D eigenvalue weighted by molar-refractivity contribution is -0.129. The Morgan fingerprint density at radius 3 is 2.15 bits per heavy atom. The Bertz CT molecular complexity index is 779. The zero-order chi connectivity index (χ0) is 18.4. The van der Waals surface area contributed by atoms with Crippen molar-refractivity contribution < 1.29 is 14.7 Å². The number of rotatable bonds is 4. The Hall–Kier alpha value is -2.92. The van der Waals surface area contributed by atoms with Gasteiger partial charge in [0.1, 0.15) is 5.70 Å². The van der Waals surface area contributed by atoms with Crippen molar-refractivity contribution >= 4 is 17.9 Å². The van der Waals surface area contributed by atoms with Crippen LogP contribution in [0.25, 0.3) is 6.08 Å². The second kappa shape index (κ2) is 8.45. The van der Waals surface area contributed by atoms with E-state index in [4.69, 9.17) is 0 Å². The predicted molar refractivity (Wildman–Crippen MR) is 100 cm³/mol. The molecule has 2 aromatic rings. The summed E-state index contributed by atoms with van der Waals surface area (Å²) in [7, 11) is 0. The first-order chi connectivity index (χ1) is 12.6. The van der Waals surface area contributed by atoms with E-state index in [0.29, 0.717) is 31.5 Å². The van der Waals surface area contributed by atoms with E-state index in [2.05, 4.69) is 5.32 Å². The van der Waals surface area contributed by atoms with E-state index in [1.165, 1.54) is 0 Å². The number of nitrogens with zero attached hydrogens (tertiary/aromatic N) is 1. The van der Waals surface area contributed by atoms with E-state index in [-0.39, 0.29) is 23.6 Å². The molecule has 26 heavy (non-hydrogen) atoms. The van der Waals surface area contributed by atoms with Gasteiger partial charge in [-0.15, -0.1) is 0 Å². The Morgan fingerprint density at radius 2 is 1.54 bits per heavy atom. The monoisotopic (exact) mass is 350 g/mol. The van der Waals surface area contributed by atoms with Gasteiger partial charge in [-0.3, -0.25) is 9.59 Å². The van der Waals surface area contributed by atoms with Crippen LogP contribution in [0.2, 0.25) is 0 Å². The molecule has 0 atom stereocenters. The molecule has 1 aliphatic heterocycles. The molecule has 2 N–H and O–H groups in total. The second-order valence-electron chi connectivity index (χ2n) is 6.31. The maximum absolute atomic E-state index is 12.9. The third kappa shape index (κ3) is 4.58. The number of aliphatic hydroxyl groups is 1. The maximum Gasteiger partial charge on any atom is 0.270 e. The first-order valence-electron chi connectivity index (χ1n) is 8.74. The maximum atomic E-state index is 12.9. The molecule has 3 rings (SSSR count). The molecular weight excluding hydrogens is 328 g/mol. The number of likely N-dealkylation sites (tertiary alicyclic amines) is 1. The van der Waals surface area contributed by atoms with Crippen LogP contribution < -0.4 is 5.32 Å². The van der Waals surface area contributed by atoms with E-state index in [0.717, 1.165) is 5.56 Å². The summed E-state index contributed by atoms with van der Waals surface area (Å²) >= 11 is 0. The van der Waals surface area contributed by atoms with Crippen LogP contribution in [0.3, 0.4) is 0 Å². The van der Waals surface area contributed by atoms with Gasteiger partial charge in [-0.1, -0.05) is 48.5 Å². The van der Waals surface area contributed by atoms with Crippen molar-refractivity contribution in [2.24, 2.45) is 0 Å². The quantitative estimate of drug-likeness (QED) is 0.832. The average molecular weight is 350 g/mol. The van der Waals surface area contributed by atoms with Gasteiger partial charge in [-0.2, -0.15) is 0 Å². The lowest BCUT2D eigenvalue weighted by Crippen LogP contribution is -2.43. The molecule has 1 aliphatic rings. The first-order valence-corrected chi connectivity index (χ1v) is 8.74. The van der Waals surface area contributed by atoms with Gasteiger partial charge in [0.2, 0.25) is 0 Å². The molecule has 1 saturated heterocycles. The van der Waals surface area contributed by atoms with Gasteiger partial charge < -0.3 is 15.3 Å². The number of carbonyl (C=O) groups is 2. The SMILES string of the molecule is O=C(NC(=Cc1ccccc1)C(=O)N1CCC(O)CC1)c1ccccc1. The number of hydrogen-bond donors (Lipinski definition) is 2. The Labute approximate surface area is 153 Å². The number of aliphatic hydroxyl groups excluding tert-OH is 1. The fourth-order valence-electron chi connectivity index (χ4n) is 2.89. The minimum Gasteiger partial charge on any atom is -0.393 e. The highest BCUT2D eigenvalue weighted by Crippen LogP contribution is 2.15. The Balaban J connectivity index is 1.83. The highest BCUT2D eigenvalue weighted by molar-refractivity contribution is 6.05. The molecule has 1 heterocycles. The van der Waals surface area contributed by atoms with Crippen molar-refractivity contribution in [3.63, 3.8) is 0 Å². The predicted octanol–water partition coefficient (Wildman–Crippen LogP) is 2.44. The van der Waals surface area contributed by atoms with Crippen LogP contribution in [-0.4, -0.2) is 41.0 Å². The summed E-state index contributed by atoms with van der Waals surface area (Å²) in [5, 5.41) is 12.4. The van der Waals surface area contributed by atoms with Crippen LogP contribution in [0.15, 0.2) is 66.4 Å². The summed E-state index contributed by atoms with van der Waals surface area (Å²) < 4.78 is 0. The largest absolute Gasteiger partial charge is 0.393 e. The van der Waals surface area contributed by atoms with Crippen LogP contribution in [-0.2, 0) is 4.79 Å². The lowest BCUT2D eigenvalue weighted by Gasteiger charge is -2.30. The lowest BCUT2D eigenvalue weighted by atomic mass is 10.1. The van der Waals surface area contributed by atoms with Gasteiger partial charge in [0.05, 0.1) is 6.10 Å². The van der Waals surface area contributed by atoms with E-state index in [1.807, 2.05) is 36.4 Å². The number of piperidine rings is 1. The van der Waals surface area contributed by atoms with Crippen molar-refractivity contribution in [3.05, 3.63) is 77.5 Å². The number of nitrogens with one attached hydrogen (secondary N) is 1. The molecule has 134 valence electrons. The number of amides is 2. The van der Waals surface area contributed by atoms with E-state index < -0.39 is 0 Å². The molecular formula is C21H22N2O3. The van der Waals surface area contributed by atoms with E-state index in [9.17, 15) is 14.7 Å². The molecule has 0 saturated carbocycles. The summed E-state index contributed by atoms with van der Waals surface area (Å²) in [6.45, 7) is 0.959. The molecule has 2 amide bonds. The summed E-state index contributed by atoms with van der Waals surface area (Å²) in [5.74, 6) is -0.553. The Kier molecular flexibility index (Phi) is 5.81. The fourth-order valence-corrected chi connectivity index (χ4v) is 2.89. The highest BCUT2D eigenvalue weighted by atomic mass is 16.3. The third-order valence-corrected chi connectivity index (χ3v) is 4.38. The molecule has 0 aromatic heterocycles. The molecule has 0 spiro atoms. The molecule has 0 aliphatic carbocycles. The Morgan fingerprint density at radius 1 is 0.962 bits per heavy atom. The van der Waals surface area contributed by atoms with Crippen LogP contribution in [0.4, 0.5) is 0 Å². The fraction of sp³-hybridized carbons (Fsp3) is 0.238. The molecule has 0 radical (unpaired) electrons. The van der Waals surface area contributed by atoms with Crippen molar-refractivity contribution in [2.45, 2.75) is 18.9 Å². The van der Waals surface area contributed by atoms with E-state index in [1.54, 1.807) is 35.2 Å². The number of benzene rings is 2. The molecule has 5 heteroatoms. The summed E-state index contributed by atoms with van der Waals surface area (Å²) in [4.78, 5) is 27.1. The van der Waals surface area contributed by atoms with Gasteiger partial charge in [0.25, 0.3) is 11.8 Å². The van der Waals surface area contributed by atoms with Gasteiger partial charge in [-0.05, 0) is 36.6 Å². The standard InChI is InChI=1S/C21H22N2O3/c24-18-11-13-23(14-12-18)21(26)19(15-16-7-3-1-4-8-16)22-20(25)17-9-5-2-6-10-17/h1-10,15,18,24H,11-14H2,(H,22,25). The van der Waals surface area contributed by atoms with Gasteiger partial charge >= 0.3 is 0 Å². The first kappa shape index (κ1) is 17.9. The molecule has 2 aromatic carbocycles. The summed E-state index contributed by atoms with van der Waals surface area (Å²) in [6, 6.07) is 18.2. The highest BCUT2D eigenvalue weighted by Gasteiger charge is 2.25. The topological polar surface area (TPSA) is 69.6 Å². The summed E-state index contributed by atoms with van der Waals surface area (Å²) in [6.07, 6.45) is 2.43. The van der Waals surface area contributed by atoms with Crippen LogP contribution >= 0.6 is 0 Å². The summed E-state index contributed by atoms with van der Waals surface area (Å²) in [5.41, 5.74) is 1.57. The third-order valence-electron chi connectivity index (χ3n) is 4.38. The van der Waals surface area contributed by atoms with Crippen molar-refractivity contribution in [1.82, 2.24) is 10.2 Å².